The van der Waals surface area contributed by atoms with Gasteiger partial charge in [0.15, 0.2) is 5.82 Å². The molecule has 5 aromatic rings. The number of aromatic nitrogens is 3. The molecule has 0 radical (unpaired) electrons. The number of para-hydroxylation sites is 1. The highest BCUT2D eigenvalue weighted by molar-refractivity contribution is 9.10. The number of ether oxygens (including phenoxy) is 1. The van der Waals surface area contributed by atoms with Gasteiger partial charge in [-0.05, 0) is 49.4 Å². The van der Waals surface area contributed by atoms with Crippen LogP contribution in [0.15, 0.2) is 82.1 Å². The lowest BCUT2D eigenvalue weighted by atomic mass is 10.1. The molecule has 2 amide bonds. The third-order valence-corrected chi connectivity index (χ3v) is 7.72. The number of nitrogens with one attached hydrogen (secondary N) is 1. The van der Waals surface area contributed by atoms with Crippen LogP contribution in [0.25, 0.3) is 21.9 Å². The summed E-state index contributed by atoms with van der Waals surface area (Å²) in [5.41, 5.74) is 2.33. The zero-order chi connectivity index (χ0) is 27.1. The fourth-order valence-electron chi connectivity index (χ4n) is 4.41. The van der Waals surface area contributed by atoms with E-state index in [0.29, 0.717) is 40.1 Å². The number of fused-ring (bicyclic) bond motifs is 2. The predicted octanol–water partition coefficient (Wildman–Crippen LogP) is 3.88. The molecule has 1 N–H and O–H groups in total. The largest absolute Gasteiger partial charge is 0.494 e. The van der Waals surface area contributed by atoms with Gasteiger partial charge in [-0.3, -0.25) is 19.3 Å². The van der Waals surface area contributed by atoms with Crippen molar-refractivity contribution in [2.24, 2.45) is 0 Å². The zero-order valence-electron chi connectivity index (χ0n) is 20.6. The number of amides is 2. The molecule has 9 nitrogen and oxygen atoms in total. The second-order valence-electron chi connectivity index (χ2n) is 8.66. The van der Waals surface area contributed by atoms with E-state index in [-0.39, 0.29) is 22.6 Å². The maximum Gasteiger partial charge on any atom is 0.291 e. The number of thiazole rings is 1. The van der Waals surface area contributed by atoms with E-state index in [0.717, 1.165) is 21.4 Å². The first-order valence-corrected chi connectivity index (χ1v) is 13.7. The third kappa shape index (κ3) is 4.59. The molecule has 1 aliphatic rings. The first-order chi connectivity index (χ1) is 18.9. The van der Waals surface area contributed by atoms with E-state index in [1.54, 1.807) is 48.5 Å². The van der Waals surface area contributed by atoms with Gasteiger partial charge >= 0.3 is 0 Å². The Labute approximate surface area is 234 Å². The van der Waals surface area contributed by atoms with Crippen LogP contribution in [0.2, 0.25) is 0 Å². The van der Waals surface area contributed by atoms with E-state index in [9.17, 15) is 14.4 Å². The molecule has 194 valence electrons. The Bertz CT molecular complexity index is 1850. The van der Waals surface area contributed by atoms with Crippen LogP contribution in [-0.2, 0) is 9.59 Å². The molecule has 0 unspecified atom stereocenters. The zero-order valence-corrected chi connectivity index (χ0v) is 23.0. The van der Waals surface area contributed by atoms with Crippen molar-refractivity contribution in [3.63, 3.8) is 0 Å². The molecule has 3 aromatic carbocycles. The van der Waals surface area contributed by atoms with Crippen LogP contribution in [-0.4, -0.2) is 39.6 Å². The number of carbonyl (C=O) groups is 2. The Morgan fingerprint density at radius 3 is 2.49 bits per heavy atom. The van der Waals surface area contributed by atoms with E-state index < -0.39 is 11.5 Å². The lowest BCUT2D eigenvalue weighted by molar-refractivity contribution is -0.118. The molecule has 0 saturated carbocycles. The number of benzene rings is 3. The summed E-state index contributed by atoms with van der Waals surface area (Å²) in [6, 6.07) is 21.6. The molecule has 0 spiro atoms. The van der Waals surface area contributed by atoms with Crippen LogP contribution in [0.4, 0.5) is 11.4 Å². The normalized spacial score (nSPS) is 14.1. The number of anilines is 2. The monoisotopic (exact) mass is 601 g/mol. The average Bonchev–Trinajstić information content (AvgIpc) is 3.57. The van der Waals surface area contributed by atoms with E-state index in [2.05, 4.69) is 31.3 Å². The van der Waals surface area contributed by atoms with Crippen molar-refractivity contribution in [3.8, 4) is 17.1 Å². The van der Waals surface area contributed by atoms with Crippen molar-refractivity contribution in [2.45, 2.75) is 6.92 Å². The van der Waals surface area contributed by atoms with Crippen molar-refractivity contribution >= 4 is 61.0 Å². The van der Waals surface area contributed by atoms with E-state index in [4.69, 9.17) is 4.74 Å². The fraction of sp³-hybridized carbons (Fsp3) is 0.107. The molecular weight excluding hydrogens is 582 g/mol. The lowest BCUT2D eigenvalue weighted by Crippen LogP contribution is -2.37. The Kier molecular flexibility index (Phi) is 6.45. The second-order valence-corrected chi connectivity index (χ2v) is 10.6. The molecule has 11 heteroatoms. The number of halogens is 1. The lowest BCUT2D eigenvalue weighted by Gasteiger charge is -2.16. The quantitative estimate of drug-likeness (QED) is 0.316. The second kappa shape index (κ2) is 10.1. The van der Waals surface area contributed by atoms with Crippen LogP contribution >= 0.6 is 27.3 Å². The maximum atomic E-state index is 13.6. The summed E-state index contributed by atoms with van der Waals surface area (Å²) in [4.78, 5) is 46.2. The molecule has 2 aromatic heterocycles. The minimum Gasteiger partial charge on any atom is -0.494 e. The summed E-state index contributed by atoms with van der Waals surface area (Å²) in [7, 11) is 0. The standard InChI is InChI=1S/C28H20BrN5O4S/c1-2-38-19-13-11-18(12-14-19)30-22(35)15-33-21-6-4-3-5-20(21)23(26(33)36)24-27(37)34-28(39-24)31-25(32-34)16-7-9-17(29)10-8-16/h3-14H,2,15H2,1H3,(H,30,35). The smallest absolute Gasteiger partial charge is 0.291 e. The van der Waals surface area contributed by atoms with Gasteiger partial charge in [0.25, 0.3) is 11.5 Å². The van der Waals surface area contributed by atoms with Gasteiger partial charge in [-0.15, -0.1) is 5.10 Å². The first-order valence-electron chi connectivity index (χ1n) is 12.1. The van der Waals surface area contributed by atoms with E-state index in [1.807, 2.05) is 31.2 Å². The van der Waals surface area contributed by atoms with Crippen molar-refractivity contribution in [1.82, 2.24) is 14.6 Å². The maximum absolute atomic E-state index is 13.6. The SMILES string of the molecule is CCOc1ccc(NC(=O)CN2C(=O)C(=c3sc4nc(-c5ccc(Br)cc5)nn4c3=O)c3ccccc32)cc1. The molecule has 0 atom stereocenters. The summed E-state index contributed by atoms with van der Waals surface area (Å²) in [6.07, 6.45) is 0. The summed E-state index contributed by atoms with van der Waals surface area (Å²) in [6.45, 7) is 2.23. The van der Waals surface area contributed by atoms with Crippen molar-refractivity contribution < 1.29 is 14.3 Å². The molecule has 6 rings (SSSR count). The Morgan fingerprint density at radius 2 is 1.77 bits per heavy atom. The predicted molar refractivity (Wildman–Crippen MR) is 153 cm³/mol. The average molecular weight is 602 g/mol. The molecule has 0 bridgehead atoms. The fourth-order valence-corrected chi connectivity index (χ4v) is 5.67. The van der Waals surface area contributed by atoms with Crippen LogP contribution in [0.5, 0.6) is 5.75 Å². The van der Waals surface area contributed by atoms with Gasteiger partial charge in [0.2, 0.25) is 10.9 Å². The topological polar surface area (TPSA) is 106 Å². The molecule has 0 saturated heterocycles. The summed E-state index contributed by atoms with van der Waals surface area (Å²) >= 11 is 4.51. The summed E-state index contributed by atoms with van der Waals surface area (Å²) < 4.78 is 7.82. The number of carbonyl (C=O) groups excluding carboxylic acids is 2. The summed E-state index contributed by atoms with van der Waals surface area (Å²) in [5, 5.41) is 7.21. The van der Waals surface area contributed by atoms with Gasteiger partial charge in [-0.25, -0.2) is 0 Å². The minimum atomic E-state index is -0.426. The molecule has 39 heavy (non-hydrogen) atoms. The number of rotatable bonds is 6. The van der Waals surface area contributed by atoms with Gasteiger partial charge < -0.3 is 10.1 Å². The summed E-state index contributed by atoms with van der Waals surface area (Å²) in [5.74, 6) is 0.334. The van der Waals surface area contributed by atoms with Crippen molar-refractivity contribution in [3.05, 3.63) is 97.7 Å². The number of hydrogen-bond acceptors (Lipinski definition) is 7. The van der Waals surface area contributed by atoms with E-state index in [1.165, 1.54) is 9.42 Å². The Balaban J connectivity index is 1.33. The van der Waals surface area contributed by atoms with Gasteiger partial charge in [0.05, 0.1) is 17.9 Å². The highest BCUT2D eigenvalue weighted by Crippen LogP contribution is 2.35. The molecule has 0 aliphatic carbocycles. The Morgan fingerprint density at radius 1 is 1.03 bits per heavy atom. The Hall–Kier alpha value is -4.35. The van der Waals surface area contributed by atoms with Gasteiger partial charge in [-0.2, -0.15) is 9.50 Å². The number of hydrogen-bond donors (Lipinski definition) is 1. The molecule has 3 heterocycles. The van der Waals surface area contributed by atoms with E-state index >= 15 is 0 Å². The van der Waals surface area contributed by atoms with Crippen LogP contribution in [0, 0.1) is 0 Å². The highest BCUT2D eigenvalue weighted by atomic mass is 79.9. The van der Waals surface area contributed by atoms with Crippen molar-refractivity contribution in [1.29, 1.82) is 0 Å². The minimum absolute atomic E-state index is 0.213. The van der Waals surface area contributed by atoms with Gasteiger partial charge in [-0.1, -0.05) is 57.6 Å². The molecule has 0 fully saturated rings. The number of nitrogens with zero attached hydrogens (tertiary/aromatic N) is 4. The van der Waals surface area contributed by atoms with Crippen LogP contribution < -0.4 is 25.0 Å². The van der Waals surface area contributed by atoms with Crippen molar-refractivity contribution in [2.75, 3.05) is 23.4 Å². The van der Waals surface area contributed by atoms with Gasteiger partial charge in [0.1, 0.15) is 16.8 Å². The third-order valence-electron chi connectivity index (χ3n) is 6.16. The van der Waals surface area contributed by atoms with Crippen LogP contribution in [0.3, 0.4) is 0 Å². The van der Waals surface area contributed by atoms with Gasteiger partial charge in [0, 0.05) is 21.3 Å². The van der Waals surface area contributed by atoms with Crippen LogP contribution in [0.1, 0.15) is 12.5 Å². The first kappa shape index (κ1) is 25.0. The highest BCUT2D eigenvalue weighted by Gasteiger charge is 2.35. The molecule has 1 aliphatic heterocycles. The molecular formula is C28H20BrN5O4S.